The number of ether oxygens (including phenoxy) is 2. The highest BCUT2D eigenvalue weighted by atomic mass is 19.4. The topological polar surface area (TPSA) is 38.8 Å². The van der Waals surface area contributed by atoms with Gasteiger partial charge in [-0.05, 0) is 122 Å². The molecule has 1 aliphatic rings. The third-order valence-corrected chi connectivity index (χ3v) is 7.04. The summed E-state index contributed by atoms with van der Waals surface area (Å²) in [5.74, 6) is -0.341. The van der Waals surface area contributed by atoms with Crippen molar-refractivity contribution in [1.29, 1.82) is 0 Å². The number of allylic oxidation sites excluding steroid dienone is 3. The van der Waals surface area contributed by atoms with Gasteiger partial charge in [-0.3, -0.25) is 4.79 Å². The maximum absolute atomic E-state index is 15.3. The average molecular weight is 580 g/mol. The molecule has 0 radical (unpaired) electrons. The summed E-state index contributed by atoms with van der Waals surface area (Å²) in [6.07, 6.45) is -1.63. The van der Waals surface area contributed by atoms with Crippen molar-refractivity contribution in [2.75, 3.05) is 26.7 Å². The molecule has 0 aliphatic carbocycles. The molecule has 2 rings (SSSR count). The minimum absolute atomic E-state index is 0.168. The van der Waals surface area contributed by atoms with Gasteiger partial charge in [0.15, 0.2) is 17.3 Å². The second-order valence-corrected chi connectivity index (χ2v) is 12.0. The predicted octanol–water partition coefficient (Wildman–Crippen LogP) is 8.34. The molecular formula is C33H45F4NO3. The maximum atomic E-state index is 15.3. The third kappa shape index (κ3) is 9.67. The van der Waals surface area contributed by atoms with Gasteiger partial charge in [-0.15, -0.1) is 0 Å². The zero-order chi connectivity index (χ0) is 31.3. The quantitative estimate of drug-likeness (QED) is 0.184. The lowest BCUT2D eigenvalue weighted by Crippen LogP contribution is -2.34. The highest BCUT2D eigenvalue weighted by Gasteiger charge is 2.31. The Hall–Kier alpha value is -2.71. The van der Waals surface area contributed by atoms with Gasteiger partial charge in [-0.2, -0.15) is 13.2 Å². The molecule has 0 bridgehead atoms. The molecule has 1 aromatic rings. The summed E-state index contributed by atoms with van der Waals surface area (Å²) in [6.45, 7) is 21.4. The van der Waals surface area contributed by atoms with Crippen molar-refractivity contribution >= 4 is 11.4 Å². The van der Waals surface area contributed by atoms with E-state index < -0.39 is 29.3 Å². The van der Waals surface area contributed by atoms with E-state index in [0.29, 0.717) is 66.8 Å². The van der Waals surface area contributed by atoms with E-state index in [-0.39, 0.29) is 11.5 Å². The monoisotopic (exact) mass is 579 g/mol. The van der Waals surface area contributed by atoms with Gasteiger partial charge in [0.1, 0.15) is 6.10 Å². The number of carbonyl (C=O) groups is 1. The fourth-order valence-corrected chi connectivity index (χ4v) is 5.12. The molecule has 41 heavy (non-hydrogen) atoms. The molecule has 0 amide bonds. The van der Waals surface area contributed by atoms with Crippen molar-refractivity contribution in [2.24, 2.45) is 0 Å². The molecule has 1 aliphatic heterocycles. The first kappa shape index (κ1) is 34.5. The first-order valence-electron chi connectivity index (χ1n) is 14.0. The molecule has 8 heteroatoms. The van der Waals surface area contributed by atoms with E-state index in [0.717, 1.165) is 23.6 Å². The number of halogens is 4. The van der Waals surface area contributed by atoms with Gasteiger partial charge in [0.25, 0.3) is 0 Å². The molecule has 0 aromatic heterocycles. The average Bonchev–Trinajstić information content (AvgIpc) is 2.84. The normalized spacial score (nSPS) is 15.7. The third-order valence-electron chi connectivity index (χ3n) is 7.04. The van der Waals surface area contributed by atoms with Gasteiger partial charge in [-0.1, -0.05) is 24.8 Å². The second kappa shape index (κ2) is 14.0. The molecule has 0 N–H and O–H groups in total. The zero-order valence-electron chi connectivity index (χ0n) is 25.8. The van der Waals surface area contributed by atoms with Crippen LogP contribution in [0.3, 0.4) is 0 Å². The number of Topliss-reactive ketones (excluding diaryl/α,β-unsaturated/α-hetero) is 1. The number of nitrogens with zero attached hydrogens (tertiary/aromatic N) is 1. The number of carbonyl (C=O) groups excluding carboxylic acids is 1. The first-order chi connectivity index (χ1) is 18.8. The van der Waals surface area contributed by atoms with E-state index in [1.807, 2.05) is 46.6 Å². The maximum Gasteiger partial charge on any atom is 0.415 e. The highest BCUT2D eigenvalue weighted by molar-refractivity contribution is 5.91. The van der Waals surface area contributed by atoms with Gasteiger partial charge in [-0.25, -0.2) is 4.39 Å². The van der Waals surface area contributed by atoms with Crippen LogP contribution in [-0.2, 0) is 16.0 Å². The lowest BCUT2D eigenvalue weighted by atomic mass is 9.85. The van der Waals surface area contributed by atoms with Crippen molar-refractivity contribution in [1.82, 2.24) is 4.90 Å². The van der Waals surface area contributed by atoms with E-state index in [4.69, 9.17) is 9.47 Å². The molecule has 1 heterocycles. The van der Waals surface area contributed by atoms with E-state index in [2.05, 4.69) is 13.2 Å². The van der Waals surface area contributed by atoms with Crippen molar-refractivity contribution < 1.29 is 31.8 Å². The zero-order valence-corrected chi connectivity index (χ0v) is 25.8. The number of likely N-dealkylation sites (N-methyl/N-ethyl adjacent to an activating group) is 1. The molecule has 1 atom stereocenters. The first-order valence-corrected chi connectivity index (χ1v) is 14.0. The molecule has 228 valence electrons. The van der Waals surface area contributed by atoms with Crippen molar-refractivity contribution in [2.45, 2.75) is 92.0 Å². The highest BCUT2D eigenvalue weighted by Crippen LogP contribution is 2.39. The number of hydrogen-bond acceptors (Lipinski definition) is 4. The van der Waals surface area contributed by atoms with E-state index in [1.54, 1.807) is 6.92 Å². The summed E-state index contributed by atoms with van der Waals surface area (Å²) >= 11 is 0. The summed E-state index contributed by atoms with van der Waals surface area (Å²) < 4.78 is 65.5. The summed E-state index contributed by atoms with van der Waals surface area (Å²) in [4.78, 5) is 14.8. The molecule has 0 saturated carbocycles. The Kier molecular flexibility index (Phi) is 11.8. The van der Waals surface area contributed by atoms with Crippen LogP contribution in [0.1, 0.15) is 77.5 Å². The SMILES string of the molecule is C=C(CN(C)CCCC(C)=CC(=C)C(F)(F)F)/C(=C(\C)C(OC(C)(C)C)C(C)=O)c1cc(F)c2c(c1C)CCCO2. The van der Waals surface area contributed by atoms with Crippen LogP contribution in [0.2, 0.25) is 0 Å². The summed E-state index contributed by atoms with van der Waals surface area (Å²) in [5, 5.41) is 0. The van der Waals surface area contributed by atoms with E-state index >= 15 is 4.39 Å². The molecule has 1 unspecified atom stereocenters. The van der Waals surface area contributed by atoms with Gasteiger partial charge >= 0.3 is 6.18 Å². The molecule has 0 spiro atoms. The van der Waals surface area contributed by atoms with Crippen LogP contribution < -0.4 is 4.74 Å². The number of rotatable bonds is 12. The largest absolute Gasteiger partial charge is 0.490 e. The molecule has 1 aromatic carbocycles. The number of hydrogen-bond donors (Lipinski definition) is 0. The Labute approximate surface area is 242 Å². The van der Waals surface area contributed by atoms with Gasteiger partial charge < -0.3 is 14.4 Å². The Morgan fingerprint density at radius 1 is 1.20 bits per heavy atom. The van der Waals surface area contributed by atoms with Crippen molar-refractivity contribution in [3.8, 4) is 5.75 Å². The Morgan fingerprint density at radius 3 is 2.39 bits per heavy atom. The number of fused-ring (bicyclic) bond motifs is 1. The smallest absolute Gasteiger partial charge is 0.415 e. The van der Waals surface area contributed by atoms with Crippen LogP contribution in [0.4, 0.5) is 17.6 Å². The van der Waals surface area contributed by atoms with Crippen LogP contribution >= 0.6 is 0 Å². The molecule has 0 saturated heterocycles. The lowest BCUT2D eigenvalue weighted by molar-refractivity contribution is -0.134. The minimum Gasteiger partial charge on any atom is -0.490 e. The summed E-state index contributed by atoms with van der Waals surface area (Å²) in [6, 6.07) is 1.46. The number of alkyl halides is 3. The molecule has 4 nitrogen and oxygen atoms in total. The fraction of sp³-hybridized carbons (Fsp3) is 0.545. The van der Waals surface area contributed by atoms with Crippen LogP contribution in [-0.4, -0.2) is 55.3 Å². The Balaban J connectivity index is 2.42. The van der Waals surface area contributed by atoms with Gasteiger partial charge in [0, 0.05) is 17.7 Å². The van der Waals surface area contributed by atoms with Gasteiger partial charge in [0.2, 0.25) is 0 Å². The second-order valence-electron chi connectivity index (χ2n) is 12.0. The fourth-order valence-electron chi connectivity index (χ4n) is 5.12. The van der Waals surface area contributed by atoms with Crippen LogP contribution in [0, 0.1) is 12.7 Å². The van der Waals surface area contributed by atoms with E-state index in [1.165, 1.54) is 13.0 Å². The standard InChI is InChI=1S/C33H45F4NO3/c1-20(17-22(3)33(35,36)37)13-11-15-38(10)19-21(2)29(24(5)30(25(6)39)41-32(7,8)9)27-18-28(34)31-26(23(27)4)14-12-16-40-31/h17-18,30H,2-3,11-16,19H2,1,4-10H3/b20-17?,29-24-. The summed E-state index contributed by atoms with van der Waals surface area (Å²) in [7, 11) is 1.90. The minimum atomic E-state index is -4.44. The number of benzene rings is 1. The Bertz CT molecular complexity index is 1220. The lowest BCUT2D eigenvalue weighted by Gasteiger charge is -2.30. The number of ketones is 1. The van der Waals surface area contributed by atoms with Gasteiger partial charge in [0.05, 0.1) is 12.2 Å². The predicted molar refractivity (Wildman–Crippen MR) is 158 cm³/mol. The van der Waals surface area contributed by atoms with Crippen LogP contribution in [0.15, 0.2) is 47.6 Å². The van der Waals surface area contributed by atoms with Crippen molar-refractivity contribution in [3.05, 3.63) is 70.1 Å². The molecular weight excluding hydrogens is 534 g/mol. The Morgan fingerprint density at radius 2 is 1.83 bits per heavy atom. The van der Waals surface area contributed by atoms with Crippen molar-refractivity contribution in [3.63, 3.8) is 0 Å². The van der Waals surface area contributed by atoms with E-state index in [9.17, 15) is 18.0 Å². The van der Waals surface area contributed by atoms with Crippen LogP contribution in [0.5, 0.6) is 5.75 Å². The summed E-state index contributed by atoms with van der Waals surface area (Å²) in [5.41, 5.74) is 3.48. The van der Waals surface area contributed by atoms with Crippen LogP contribution in [0.25, 0.3) is 5.57 Å². The molecule has 0 fully saturated rings.